The van der Waals surface area contributed by atoms with Gasteiger partial charge in [-0.15, -0.1) is 0 Å². The van der Waals surface area contributed by atoms with Crippen LogP contribution in [-0.4, -0.2) is 68.4 Å². The van der Waals surface area contributed by atoms with E-state index in [1.54, 1.807) is 48.5 Å². The van der Waals surface area contributed by atoms with E-state index in [9.17, 15) is 19.5 Å². The van der Waals surface area contributed by atoms with Gasteiger partial charge in [0.15, 0.2) is 11.2 Å². The maximum absolute atomic E-state index is 12.5. The molecule has 2 heterocycles. The number of esters is 2. The molecule has 2 aliphatic rings. The predicted octanol–water partition coefficient (Wildman–Crippen LogP) is 9.03. The highest BCUT2D eigenvalue weighted by Crippen LogP contribution is 2.48. The summed E-state index contributed by atoms with van der Waals surface area (Å²) in [6.45, 7) is 10.7. The summed E-state index contributed by atoms with van der Waals surface area (Å²) >= 11 is 0. The minimum absolute atomic E-state index is 0. The molecular formula is C49H54O13. The lowest BCUT2D eigenvalue weighted by Gasteiger charge is -2.30. The molecule has 13 heteroatoms. The fourth-order valence-corrected chi connectivity index (χ4v) is 6.69. The molecule has 6 radical (unpaired) electrons. The summed E-state index contributed by atoms with van der Waals surface area (Å²) in [6.07, 6.45) is 2.11. The number of carbonyl (C=O) groups excluding carboxylic acids is 3. The van der Waals surface area contributed by atoms with Gasteiger partial charge in [0.1, 0.15) is 12.0 Å². The number of aliphatic hydroxyl groups excluding tert-OH is 1. The zero-order chi connectivity index (χ0) is 40.5. The fourth-order valence-electron chi connectivity index (χ4n) is 6.69. The largest absolute Gasteiger partial charge is 0.508 e. The van der Waals surface area contributed by atoms with Crippen LogP contribution in [0, 0.1) is 19.8 Å². The second-order valence-corrected chi connectivity index (χ2v) is 14.1. The maximum Gasteiger partial charge on any atom is 0.340 e. The molecule has 62 heavy (non-hydrogen) atoms. The van der Waals surface area contributed by atoms with Crippen molar-refractivity contribution >= 4 is 18.2 Å². The van der Waals surface area contributed by atoms with Crippen molar-refractivity contribution in [1.29, 1.82) is 0 Å². The van der Waals surface area contributed by atoms with E-state index in [0.29, 0.717) is 16.7 Å². The average molecular weight is 851 g/mol. The molecule has 0 aromatic heterocycles. The minimum atomic E-state index is -0.997. The number of ether oxygens (including phenoxy) is 2. The summed E-state index contributed by atoms with van der Waals surface area (Å²) in [4.78, 5) is 36.0. The molecule has 0 amide bonds. The lowest BCUT2D eigenvalue weighted by atomic mass is 9.79. The number of phenols is 1. The van der Waals surface area contributed by atoms with Crippen molar-refractivity contribution in [2.45, 2.75) is 52.2 Å². The molecule has 6 aromatic carbocycles. The van der Waals surface area contributed by atoms with Gasteiger partial charge in [0, 0.05) is 46.1 Å². The van der Waals surface area contributed by atoms with Crippen LogP contribution < -0.4 is 0 Å². The van der Waals surface area contributed by atoms with Gasteiger partial charge < -0.3 is 19.7 Å². The van der Waals surface area contributed by atoms with Crippen molar-refractivity contribution in [2.75, 3.05) is 7.11 Å². The minimum Gasteiger partial charge on any atom is -0.508 e. The van der Waals surface area contributed by atoms with E-state index in [2.05, 4.69) is 20.8 Å². The molecule has 0 aliphatic carbocycles. The first-order chi connectivity index (χ1) is 27.0. The molecule has 0 spiro atoms. The number of hydrogen-bond donors (Lipinski definition) is 8. The summed E-state index contributed by atoms with van der Waals surface area (Å²) in [7, 11) is 1.00. The van der Waals surface area contributed by atoms with Crippen LogP contribution >= 0.6 is 0 Å². The maximum atomic E-state index is 12.5. The number of aliphatic hydroxyl groups is 1. The number of cyclic esters (lactones) is 2. The third kappa shape index (κ3) is 11.4. The summed E-state index contributed by atoms with van der Waals surface area (Å²) in [5.41, 5.74) is 7.05. The van der Waals surface area contributed by atoms with Gasteiger partial charge >= 0.3 is 11.9 Å². The second-order valence-electron chi connectivity index (χ2n) is 14.1. The van der Waals surface area contributed by atoms with Crippen molar-refractivity contribution in [3.05, 3.63) is 207 Å². The predicted molar refractivity (Wildman–Crippen MR) is 231 cm³/mol. The molecule has 0 bridgehead atoms. The monoisotopic (exact) mass is 850 g/mol. The first-order valence-electron chi connectivity index (χ1n) is 18.6. The Kier molecular flexibility index (Phi) is 23.5. The quantitative estimate of drug-likeness (QED) is 0.0593. The van der Waals surface area contributed by atoms with Gasteiger partial charge in [0.05, 0.1) is 11.1 Å². The number of aromatic hydroxyl groups is 1. The molecule has 2 unspecified atom stereocenters. The van der Waals surface area contributed by atoms with Crippen molar-refractivity contribution in [3.8, 4) is 5.75 Å². The van der Waals surface area contributed by atoms with Gasteiger partial charge in [-0.3, -0.25) is 37.7 Å². The standard InChI is InChI=1S/C22H16O3.C21H16O3.C5H12.CH4O.6HO/c1-15-6-10-17(11-7-15)22(18-12-8-16(14-23)9-13-18)20-5-3-2-4-19(20)21(24)25-22;1-14-6-8-15(9-7-14)21(16-10-12-17(22)13-11-16)19-5-3-2-4-18(19)20(23)24-21;1-4-5(2)3;1-2;;;;;;/h2-14H,1H3;2-13,22H,1H3;5H,4H2,1-3H3;2H,1H3;6*1H. The molecule has 6 aromatic rings. The SMILES string of the molecule is CCC(C)C.CO.Cc1ccc(C2(c3ccc(C=O)cc3)OC(=O)c3ccccc32)cc1.Cc1ccc(C2(c3ccc(O)cc3)OC(=O)c3ccccc32)cc1.[OH].[OH].[OH].[OH].[OH].[OH]. The number of hydrogen-bond acceptors (Lipinski definition) is 7. The molecule has 2 atom stereocenters. The molecule has 2 aliphatic heterocycles. The van der Waals surface area contributed by atoms with Crippen LogP contribution in [0.1, 0.15) is 103 Å². The lowest BCUT2D eigenvalue weighted by Crippen LogP contribution is -2.29. The zero-order valence-electron chi connectivity index (χ0n) is 35.3. The van der Waals surface area contributed by atoms with Gasteiger partial charge in [0.25, 0.3) is 0 Å². The van der Waals surface area contributed by atoms with E-state index >= 15 is 0 Å². The highest BCUT2D eigenvalue weighted by molar-refractivity contribution is 5.97. The second kappa shape index (κ2) is 25.3. The van der Waals surface area contributed by atoms with Crippen molar-refractivity contribution in [3.63, 3.8) is 0 Å². The lowest BCUT2D eigenvalue weighted by molar-refractivity contribution is 0.0242. The van der Waals surface area contributed by atoms with Crippen LogP contribution in [0.25, 0.3) is 0 Å². The summed E-state index contributed by atoms with van der Waals surface area (Å²) in [5, 5.41) is 16.6. The van der Waals surface area contributed by atoms with Gasteiger partial charge in [-0.1, -0.05) is 160 Å². The smallest absolute Gasteiger partial charge is 0.340 e. The third-order valence-electron chi connectivity index (χ3n) is 10.0. The molecule has 13 nitrogen and oxygen atoms in total. The summed E-state index contributed by atoms with van der Waals surface area (Å²) in [6, 6.07) is 44.9. The highest BCUT2D eigenvalue weighted by atomic mass is 16.6. The molecule has 0 saturated heterocycles. The van der Waals surface area contributed by atoms with E-state index in [1.165, 1.54) is 6.42 Å². The van der Waals surface area contributed by atoms with Crippen LogP contribution in [0.5, 0.6) is 5.75 Å². The number of carbonyl (C=O) groups is 3. The molecule has 0 saturated carbocycles. The number of aldehydes is 1. The Balaban J connectivity index is 0. The van der Waals surface area contributed by atoms with Crippen molar-refractivity contribution < 1.29 is 66.9 Å². The molecular weight excluding hydrogens is 797 g/mol. The van der Waals surface area contributed by atoms with E-state index in [4.69, 9.17) is 14.6 Å². The first kappa shape index (κ1) is 57.5. The van der Waals surface area contributed by atoms with Crippen LogP contribution in [0.15, 0.2) is 146 Å². The van der Waals surface area contributed by atoms with Gasteiger partial charge in [-0.25, -0.2) is 9.59 Å². The summed E-state index contributed by atoms with van der Waals surface area (Å²) in [5.74, 6) is 0.389. The Morgan fingerprint density at radius 2 is 0.806 bits per heavy atom. The highest BCUT2D eigenvalue weighted by Gasteiger charge is 2.49. The van der Waals surface area contributed by atoms with Crippen molar-refractivity contribution in [1.82, 2.24) is 0 Å². The molecule has 8 N–H and O–H groups in total. The Hall–Kier alpha value is -6.55. The van der Waals surface area contributed by atoms with Crippen LogP contribution in [0.4, 0.5) is 0 Å². The third-order valence-corrected chi connectivity index (χ3v) is 10.0. The van der Waals surface area contributed by atoms with Crippen LogP contribution in [0.3, 0.4) is 0 Å². The zero-order valence-corrected chi connectivity index (χ0v) is 35.3. The van der Waals surface area contributed by atoms with Gasteiger partial charge in [-0.05, 0) is 44.0 Å². The van der Waals surface area contributed by atoms with E-state index in [1.807, 2.05) is 111 Å². The van der Waals surface area contributed by atoms with E-state index in [-0.39, 0.29) is 50.5 Å². The van der Waals surface area contributed by atoms with Gasteiger partial charge in [-0.2, -0.15) is 0 Å². The Morgan fingerprint density at radius 1 is 0.516 bits per heavy atom. The van der Waals surface area contributed by atoms with Crippen molar-refractivity contribution in [2.24, 2.45) is 5.92 Å². The summed E-state index contributed by atoms with van der Waals surface area (Å²) < 4.78 is 11.9. The molecule has 8 rings (SSSR count). The van der Waals surface area contributed by atoms with Crippen LogP contribution in [0.2, 0.25) is 0 Å². The number of rotatable bonds is 6. The molecule has 328 valence electrons. The van der Waals surface area contributed by atoms with Gasteiger partial charge in [0.2, 0.25) is 0 Å². The first-order valence-corrected chi connectivity index (χ1v) is 18.6. The molecule has 0 fully saturated rings. The fraction of sp³-hybridized carbons (Fsp3) is 0.204. The number of phenolic OH excluding ortho intramolecular Hbond substituents is 1. The number of benzene rings is 6. The number of aryl methyl sites for hydroxylation is 2. The van der Waals surface area contributed by atoms with E-state index < -0.39 is 11.2 Å². The normalized spacial score (nSPS) is 15.7. The number of fused-ring (bicyclic) bond motifs is 2. The van der Waals surface area contributed by atoms with Crippen LogP contribution in [-0.2, 0) is 20.7 Å². The Morgan fingerprint density at radius 3 is 1.11 bits per heavy atom. The average Bonchev–Trinajstić information content (AvgIpc) is 3.71. The van der Waals surface area contributed by atoms with E-state index in [0.717, 1.165) is 63.8 Å². The topological polar surface area (TPSA) is 290 Å². The Bertz CT molecular complexity index is 2230. The Labute approximate surface area is 362 Å².